The topological polar surface area (TPSA) is 41.1 Å². The molecule has 0 aliphatic heterocycles. The number of hydrogen-bond acceptors (Lipinski definition) is 1. The lowest BCUT2D eigenvalue weighted by Crippen LogP contribution is -2.19. The molecule has 0 saturated carbocycles. The summed E-state index contributed by atoms with van der Waals surface area (Å²) in [5.74, 6) is -0.394. The maximum absolute atomic E-state index is 13.0. The summed E-state index contributed by atoms with van der Waals surface area (Å²) in [5, 5.41) is 5.27. The number of hydrogen-bond donors (Lipinski definition) is 2. The second-order valence-electron chi connectivity index (χ2n) is 4.03. The van der Waals surface area contributed by atoms with Crippen LogP contribution in [0.1, 0.15) is 5.56 Å². The summed E-state index contributed by atoms with van der Waals surface area (Å²) in [4.78, 5) is 11.8. The summed E-state index contributed by atoms with van der Waals surface area (Å²) >= 11 is 3.40. The Hall–Kier alpha value is -1.88. The number of anilines is 2. The number of carbonyl (C=O) groups excluding carboxylic acids is 1. The Morgan fingerprint density at radius 3 is 2.63 bits per heavy atom. The highest BCUT2D eigenvalue weighted by atomic mass is 79.9. The normalized spacial score (nSPS) is 10.1. The fraction of sp³-hybridized carbons (Fsp3) is 0.0714. The summed E-state index contributed by atoms with van der Waals surface area (Å²) in [6.45, 7) is 1.93. The molecule has 0 radical (unpaired) electrons. The Bertz CT molecular complexity index is 616. The van der Waals surface area contributed by atoms with Gasteiger partial charge < -0.3 is 10.6 Å². The first-order chi connectivity index (χ1) is 9.06. The van der Waals surface area contributed by atoms with Crippen LogP contribution in [0.2, 0.25) is 0 Å². The van der Waals surface area contributed by atoms with Crippen molar-refractivity contribution in [1.29, 1.82) is 0 Å². The zero-order valence-corrected chi connectivity index (χ0v) is 11.8. The van der Waals surface area contributed by atoms with Gasteiger partial charge in [-0.05, 0) is 52.7 Å². The summed E-state index contributed by atoms with van der Waals surface area (Å²) in [6.07, 6.45) is 0. The molecule has 98 valence electrons. The Morgan fingerprint density at radius 1 is 1.16 bits per heavy atom. The van der Waals surface area contributed by atoms with Crippen molar-refractivity contribution < 1.29 is 9.18 Å². The SMILES string of the molecule is Cc1cccc(NC(=O)Nc2cccc(F)c2)c1Br. The van der Waals surface area contributed by atoms with Crippen LogP contribution in [0.4, 0.5) is 20.6 Å². The smallest absolute Gasteiger partial charge is 0.308 e. The molecule has 2 amide bonds. The molecule has 0 saturated heterocycles. The number of carbonyl (C=O) groups is 1. The molecule has 2 aromatic carbocycles. The highest BCUT2D eigenvalue weighted by molar-refractivity contribution is 9.10. The van der Waals surface area contributed by atoms with Crippen LogP contribution in [0, 0.1) is 12.7 Å². The molecule has 2 rings (SSSR count). The first kappa shape index (κ1) is 13.5. The minimum Gasteiger partial charge on any atom is -0.308 e. The van der Waals surface area contributed by atoms with Crippen molar-refractivity contribution in [2.45, 2.75) is 6.92 Å². The number of benzene rings is 2. The van der Waals surface area contributed by atoms with Crippen molar-refractivity contribution in [3.05, 3.63) is 58.3 Å². The lowest BCUT2D eigenvalue weighted by molar-refractivity contribution is 0.262. The molecule has 0 heterocycles. The molecule has 0 bridgehead atoms. The van der Waals surface area contributed by atoms with Crippen LogP contribution in [0.3, 0.4) is 0 Å². The zero-order chi connectivity index (χ0) is 13.8. The number of urea groups is 1. The van der Waals surface area contributed by atoms with Gasteiger partial charge in [-0.15, -0.1) is 0 Å². The Balaban J connectivity index is 2.08. The van der Waals surface area contributed by atoms with Crippen molar-refractivity contribution in [2.75, 3.05) is 10.6 Å². The summed E-state index contributed by atoms with van der Waals surface area (Å²) < 4.78 is 13.8. The van der Waals surface area contributed by atoms with Crippen molar-refractivity contribution in [1.82, 2.24) is 0 Å². The van der Waals surface area contributed by atoms with E-state index >= 15 is 0 Å². The number of rotatable bonds is 2. The number of amides is 2. The Labute approximate surface area is 119 Å². The molecule has 0 unspecified atom stereocenters. The first-order valence-corrected chi connectivity index (χ1v) is 6.44. The van der Waals surface area contributed by atoms with Gasteiger partial charge in [0.15, 0.2) is 0 Å². The van der Waals surface area contributed by atoms with Gasteiger partial charge in [0.25, 0.3) is 0 Å². The van der Waals surface area contributed by atoms with Crippen LogP contribution in [0.15, 0.2) is 46.9 Å². The van der Waals surface area contributed by atoms with Gasteiger partial charge in [-0.3, -0.25) is 0 Å². The monoisotopic (exact) mass is 322 g/mol. The molecule has 0 spiro atoms. The van der Waals surface area contributed by atoms with E-state index in [0.29, 0.717) is 11.4 Å². The van der Waals surface area contributed by atoms with Crippen molar-refractivity contribution >= 4 is 33.3 Å². The summed E-state index contributed by atoms with van der Waals surface area (Å²) in [7, 11) is 0. The largest absolute Gasteiger partial charge is 0.323 e. The highest BCUT2D eigenvalue weighted by Gasteiger charge is 2.07. The van der Waals surface area contributed by atoms with Gasteiger partial charge in [-0.2, -0.15) is 0 Å². The second kappa shape index (κ2) is 5.84. The van der Waals surface area contributed by atoms with Gasteiger partial charge in [0.2, 0.25) is 0 Å². The van der Waals surface area contributed by atoms with Gasteiger partial charge in [-0.25, -0.2) is 9.18 Å². The predicted octanol–water partition coefficient (Wildman–Crippen LogP) is 4.54. The van der Waals surface area contributed by atoms with Crippen molar-refractivity contribution in [3.8, 4) is 0 Å². The molecule has 0 fully saturated rings. The number of nitrogens with one attached hydrogen (secondary N) is 2. The predicted molar refractivity (Wildman–Crippen MR) is 77.9 cm³/mol. The van der Waals surface area contributed by atoms with E-state index in [2.05, 4.69) is 26.6 Å². The molecular weight excluding hydrogens is 311 g/mol. The lowest BCUT2D eigenvalue weighted by atomic mass is 10.2. The van der Waals surface area contributed by atoms with E-state index in [-0.39, 0.29) is 0 Å². The lowest BCUT2D eigenvalue weighted by Gasteiger charge is -2.10. The first-order valence-electron chi connectivity index (χ1n) is 5.65. The third kappa shape index (κ3) is 3.54. The van der Waals surface area contributed by atoms with Crippen LogP contribution in [-0.4, -0.2) is 6.03 Å². The second-order valence-corrected chi connectivity index (χ2v) is 4.82. The van der Waals surface area contributed by atoms with Crippen LogP contribution < -0.4 is 10.6 Å². The van der Waals surface area contributed by atoms with Crippen LogP contribution in [0.25, 0.3) is 0 Å². The standard InChI is InChI=1S/C14H12BrFN2O/c1-9-4-2-7-12(13(9)15)18-14(19)17-11-6-3-5-10(16)8-11/h2-8H,1H3,(H2,17,18,19). The minimum absolute atomic E-state index is 0.394. The Morgan fingerprint density at radius 2 is 1.89 bits per heavy atom. The molecule has 0 atom stereocenters. The molecule has 5 heteroatoms. The van der Waals surface area contributed by atoms with E-state index in [1.54, 1.807) is 12.1 Å². The fourth-order valence-corrected chi connectivity index (χ4v) is 1.96. The number of aryl methyl sites for hydroxylation is 1. The van der Waals surface area contributed by atoms with E-state index in [1.165, 1.54) is 18.2 Å². The molecule has 3 nitrogen and oxygen atoms in total. The zero-order valence-electron chi connectivity index (χ0n) is 10.2. The van der Waals surface area contributed by atoms with Crippen molar-refractivity contribution in [2.24, 2.45) is 0 Å². The molecule has 19 heavy (non-hydrogen) atoms. The van der Waals surface area contributed by atoms with Crippen LogP contribution >= 0.6 is 15.9 Å². The van der Waals surface area contributed by atoms with Gasteiger partial charge in [0.05, 0.1) is 5.69 Å². The molecule has 2 N–H and O–H groups in total. The maximum Gasteiger partial charge on any atom is 0.323 e. The number of halogens is 2. The quantitative estimate of drug-likeness (QED) is 0.837. The van der Waals surface area contributed by atoms with Gasteiger partial charge in [0, 0.05) is 10.2 Å². The third-order valence-corrected chi connectivity index (χ3v) is 3.58. The average molecular weight is 323 g/mol. The summed E-state index contributed by atoms with van der Waals surface area (Å²) in [6, 6.07) is 10.9. The fourth-order valence-electron chi connectivity index (χ4n) is 1.59. The summed E-state index contributed by atoms with van der Waals surface area (Å²) in [5.41, 5.74) is 2.08. The van der Waals surface area contributed by atoms with E-state index in [9.17, 15) is 9.18 Å². The van der Waals surface area contributed by atoms with Crippen molar-refractivity contribution in [3.63, 3.8) is 0 Å². The minimum atomic E-state index is -0.420. The molecule has 0 aliphatic rings. The third-order valence-electron chi connectivity index (χ3n) is 2.52. The highest BCUT2D eigenvalue weighted by Crippen LogP contribution is 2.25. The van der Waals surface area contributed by atoms with E-state index < -0.39 is 11.8 Å². The average Bonchev–Trinajstić information content (AvgIpc) is 2.35. The van der Waals surface area contributed by atoms with Gasteiger partial charge >= 0.3 is 6.03 Å². The molecule has 0 aliphatic carbocycles. The molecule has 0 aromatic heterocycles. The Kier molecular flexibility index (Phi) is 4.16. The van der Waals surface area contributed by atoms with E-state index in [0.717, 1.165) is 10.0 Å². The van der Waals surface area contributed by atoms with E-state index in [1.807, 2.05) is 19.1 Å². The van der Waals surface area contributed by atoms with Gasteiger partial charge in [0.1, 0.15) is 5.82 Å². The molecule has 2 aromatic rings. The van der Waals surface area contributed by atoms with Crippen LogP contribution in [-0.2, 0) is 0 Å². The van der Waals surface area contributed by atoms with E-state index in [4.69, 9.17) is 0 Å². The van der Waals surface area contributed by atoms with Crippen LogP contribution in [0.5, 0.6) is 0 Å². The van der Waals surface area contributed by atoms with Gasteiger partial charge in [-0.1, -0.05) is 18.2 Å². The maximum atomic E-state index is 13.0. The molecular formula is C14H12BrFN2O.